The number of unbranched alkanes of at least 4 members (excludes halogenated alkanes) is 2. The monoisotopic (exact) mass is 174 g/mol. The molecule has 0 aromatic rings. The lowest BCUT2D eigenvalue weighted by atomic mass is 10.3. The second kappa shape index (κ2) is 6.95. The quantitative estimate of drug-likeness (QED) is 0.475. The van der Waals surface area contributed by atoms with Crippen LogP contribution in [0.2, 0.25) is 0 Å². The van der Waals surface area contributed by atoms with Gasteiger partial charge in [0.2, 0.25) is 0 Å². The van der Waals surface area contributed by atoms with Crippen molar-refractivity contribution in [1.82, 2.24) is 0 Å². The Morgan fingerprint density at radius 3 is 2.50 bits per heavy atom. The molecule has 0 amide bonds. The van der Waals surface area contributed by atoms with Crippen LogP contribution in [0.15, 0.2) is 0 Å². The van der Waals surface area contributed by atoms with Crippen molar-refractivity contribution in [3.05, 3.63) is 0 Å². The molecule has 0 spiro atoms. The minimum Gasteiger partial charge on any atom is -0.434 e. The first-order valence-electron chi connectivity index (χ1n) is 4.50. The van der Waals surface area contributed by atoms with Crippen LogP contribution >= 0.6 is 0 Å². The Kier molecular flexibility index (Phi) is 6.53. The summed E-state index contributed by atoms with van der Waals surface area (Å²) in [5.41, 5.74) is 0. The van der Waals surface area contributed by atoms with E-state index in [2.05, 4.69) is 6.92 Å². The summed E-state index contributed by atoms with van der Waals surface area (Å²) in [6.07, 6.45) is 2.49. The molecule has 0 bridgehead atoms. The van der Waals surface area contributed by atoms with Gasteiger partial charge in [-0.3, -0.25) is 0 Å². The van der Waals surface area contributed by atoms with Crippen LogP contribution in [-0.2, 0) is 9.47 Å². The van der Waals surface area contributed by atoms with Crippen LogP contribution < -0.4 is 0 Å². The van der Waals surface area contributed by atoms with Crippen LogP contribution in [0.5, 0.6) is 0 Å². The van der Waals surface area contributed by atoms with E-state index in [0.717, 1.165) is 19.3 Å². The Balaban J connectivity index is 3.20. The fourth-order valence-electron chi connectivity index (χ4n) is 0.734. The van der Waals surface area contributed by atoms with Crippen LogP contribution in [-0.4, -0.2) is 18.9 Å². The molecule has 0 aliphatic heterocycles. The number of hydrogen-bond donors (Lipinski definition) is 0. The molecule has 0 rings (SSSR count). The molecule has 0 fully saturated rings. The van der Waals surface area contributed by atoms with Crippen molar-refractivity contribution in [3.63, 3.8) is 0 Å². The zero-order valence-corrected chi connectivity index (χ0v) is 8.13. The van der Waals surface area contributed by atoms with E-state index < -0.39 is 6.16 Å². The molecule has 0 radical (unpaired) electrons. The van der Waals surface area contributed by atoms with Crippen molar-refractivity contribution in [2.24, 2.45) is 0 Å². The highest BCUT2D eigenvalue weighted by molar-refractivity contribution is 5.59. The van der Waals surface area contributed by atoms with Gasteiger partial charge >= 0.3 is 6.16 Å². The van der Waals surface area contributed by atoms with Crippen LogP contribution in [0.4, 0.5) is 4.79 Å². The van der Waals surface area contributed by atoms with E-state index in [1.165, 1.54) is 0 Å². The van der Waals surface area contributed by atoms with Gasteiger partial charge in [0.05, 0.1) is 12.7 Å². The van der Waals surface area contributed by atoms with Crippen molar-refractivity contribution in [1.29, 1.82) is 0 Å². The van der Waals surface area contributed by atoms with E-state index in [0.29, 0.717) is 6.61 Å². The summed E-state index contributed by atoms with van der Waals surface area (Å²) in [4.78, 5) is 10.8. The van der Waals surface area contributed by atoms with E-state index in [-0.39, 0.29) is 6.10 Å². The van der Waals surface area contributed by atoms with E-state index in [4.69, 9.17) is 9.47 Å². The van der Waals surface area contributed by atoms with Gasteiger partial charge in [0.25, 0.3) is 0 Å². The Morgan fingerprint density at radius 2 is 2.00 bits per heavy atom. The third-order valence-electron chi connectivity index (χ3n) is 1.30. The Hall–Kier alpha value is -0.730. The van der Waals surface area contributed by atoms with Crippen molar-refractivity contribution >= 4 is 6.16 Å². The third-order valence-corrected chi connectivity index (χ3v) is 1.30. The lowest BCUT2D eigenvalue weighted by molar-refractivity contribution is 0.0337. The predicted octanol–water partition coefficient (Wildman–Crippen LogP) is 2.74. The van der Waals surface area contributed by atoms with Gasteiger partial charge in [-0.15, -0.1) is 0 Å². The molecule has 0 atom stereocenters. The molecule has 0 aliphatic rings. The van der Waals surface area contributed by atoms with Crippen LogP contribution in [0, 0.1) is 0 Å². The van der Waals surface area contributed by atoms with Crippen molar-refractivity contribution in [2.45, 2.75) is 46.1 Å². The van der Waals surface area contributed by atoms with Crippen molar-refractivity contribution in [3.8, 4) is 0 Å². The molecule has 0 heterocycles. The number of carbonyl (C=O) groups excluding carboxylic acids is 1. The molecular formula is C9H18O3. The summed E-state index contributed by atoms with van der Waals surface area (Å²) < 4.78 is 9.56. The maximum Gasteiger partial charge on any atom is 0.508 e. The summed E-state index contributed by atoms with van der Waals surface area (Å²) in [5, 5.41) is 0. The number of carbonyl (C=O) groups is 1. The summed E-state index contributed by atoms with van der Waals surface area (Å²) in [6.45, 7) is 6.17. The molecule has 3 nitrogen and oxygen atoms in total. The highest BCUT2D eigenvalue weighted by Crippen LogP contribution is 1.97. The van der Waals surface area contributed by atoms with Crippen LogP contribution in [0.3, 0.4) is 0 Å². The standard InChI is InChI=1S/C9H18O3/c1-4-5-6-7-11-9(10)12-8(2)3/h8H,4-7H2,1-3H3. The Bertz CT molecular complexity index is 121. The molecule has 3 heteroatoms. The lowest BCUT2D eigenvalue weighted by Gasteiger charge is -2.07. The minimum atomic E-state index is -0.555. The summed E-state index contributed by atoms with van der Waals surface area (Å²) in [6, 6.07) is 0. The van der Waals surface area contributed by atoms with Crippen LogP contribution in [0.1, 0.15) is 40.0 Å². The van der Waals surface area contributed by atoms with E-state index >= 15 is 0 Å². The van der Waals surface area contributed by atoms with Crippen molar-refractivity contribution < 1.29 is 14.3 Å². The van der Waals surface area contributed by atoms with Gasteiger partial charge < -0.3 is 9.47 Å². The molecule has 0 aromatic carbocycles. The average Bonchev–Trinajstić information content (AvgIpc) is 1.97. The lowest BCUT2D eigenvalue weighted by Crippen LogP contribution is -2.13. The van der Waals surface area contributed by atoms with Gasteiger partial charge in [-0.1, -0.05) is 19.8 Å². The molecule has 12 heavy (non-hydrogen) atoms. The molecule has 0 aromatic heterocycles. The van der Waals surface area contributed by atoms with E-state index in [1.54, 1.807) is 13.8 Å². The zero-order chi connectivity index (χ0) is 9.40. The van der Waals surface area contributed by atoms with E-state index in [9.17, 15) is 4.79 Å². The minimum absolute atomic E-state index is 0.0938. The maximum absolute atomic E-state index is 10.8. The molecule has 0 unspecified atom stereocenters. The van der Waals surface area contributed by atoms with Gasteiger partial charge in [0, 0.05) is 0 Å². The SMILES string of the molecule is CCCCCOC(=O)OC(C)C. The van der Waals surface area contributed by atoms with Crippen molar-refractivity contribution in [2.75, 3.05) is 6.61 Å². The number of ether oxygens (including phenoxy) is 2. The van der Waals surface area contributed by atoms with Gasteiger partial charge in [-0.05, 0) is 20.3 Å². The zero-order valence-electron chi connectivity index (χ0n) is 8.13. The van der Waals surface area contributed by atoms with Crippen LogP contribution in [0.25, 0.3) is 0 Å². The summed E-state index contributed by atoms with van der Waals surface area (Å²) in [5.74, 6) is 0. The number of rotatable bonds is 5. The molecule has 0 N–H and O–H groups in total. The summed E-state index contributed by atoms with van der Waals surface area (Å²) >= 11 is 0. The fourth-order valence-corrected chi connectivity index (χ4v) is 0.734. The smallest absolute Gasteiger partial charge is 0.434 e. The highest BCUT2D eigenvalue weighted by Gasteiger charge is 2.04. The topological polar surface area (TPSA) is 35.5 Å². The molecule has 0 saturated heterocycles. The fraction of sp³-hybridized carbons (Fsp3) is 0.889. The molecule has 0 saturated carbocycles. The van der Waals surface area contributed by atoms with Gasteiger partial charge in [0.15, 0.2) is 0 Å². The molecular weight excluding hydrogens is 156 g/mol. The maximum atomic E-state index is 10.8. The van der Waals surface area contributed by atoms with E-state index in [1.807, 2.05) is 0 Å². The first-order chi connectivity index (χ1) is 5.66. The number of hydrogen-bond acceptors (Lipinski definition) is 3. The van der Waals surface area contributed by atoms with Gasteiger partial charge in [0.1, 0.15) is 0 Å². The predicted molar refractivity (Wildman–Crippen MR) is 47.1 cm³/mol. The first-order valence-corrected chi connectivity index (χ1v) is 4.50. The average molecular weight is 174 g/mol. The summed E-state index contributed by atoms with van der Waals surface area (Å²) in [7, 11) is 0. The Morgan fingerprint density at radius 1 is 1.33 bits per heavy atom. The highest BCUT2D eigenvalue weighted by atomic mass is 16.7. The normalized spacial score (nSPS) is 10.0. The Labute approximate surface area is 74.0 Å². The van der Waals surface area contributed by atoms with Gasteiger partial charge in [-0.25, -0.2) is 4.79 Å². The van der Waals surface area contributed by atoms with Gasteiger partial charge in [-0.2, -0.15) is 0 Å². The molecule has 72 valence electrons. The second-order valence-electron chi connectivity index (χ2n) is 2.97. The molecule has 0 aliphatic carbocycles. The first kappa shape index (κ1) is 11.3. The third kappa shape index (κ3) is 7.38. The second-order valence-corrected chi connectivity index (χ2v) is 2.97. The largest absolute Gasteiger partial charge is 0.508 e.